The van der Waals surface area contributed by atoms with Crippen LogP contribution in [0, 0.1) is 0 Å². The number of hydrogen-bond acceptors (Lipinski definition) is 4. The summed E-state index contributed by atoms with van der Waals surface area (Å²) in [5, 5.41) is 0. The number of hydrogen-bond donors (Lipinski definition) is 0. The van der Waals surface area contributed by atoms with Gasteiger partial charge in [-0.25, -0.2) is 4.79 Å². The molecule has 0 amide bonds. The Balaban J connectivity index is 2.58. The lowest BCUT2D eigenvalue weighted by Gasteiger charge is -1.98. The van der Waals surface area contributed by atoms with Gasteiger partial charge in [0.2, 0.25) is 11.6 Å². The monoisotopic (exact) mass is 253 g/mol. The molecule has 0 aliphatic rings. The van der Waals surface area contributed by atoms with Crippen LogP contribution < -0.4 is 5.76 Å². The Morgan fingerprint density at radius 3 is 2.76 bits per heavy atom. The number of fused-ring (bicyclic) bond motifs is 1. The van der Waals surface area contributed by atoms with Gasteiger partial charge in [-0.15, -0.1) is 11.6 Å². The molecule has 0 saturated carbocycles. The van der Waals surface area contributed by atoms with Crippen LogP contribution in [0.5, 0.6) is 0 Å². The summed E-state index contributed by atoms with van der Waals surface area (Å²) in [6, 6.07) is 4.34. The molecule has 0 spiro atoms. The average molecular weight is 254 g/mol. The second kappa shape index (κ2) is 4.18. The molecule has 0 saturated heterocycles. The fraction of sp³-hybridized carbons (Fsp3) is 0.182. The van der Waals surface area contributed by atoms with Crippen molar-refractivity contribution in [1.82, 2.24) is 4.57 Å². The molecular weight excluding hydrogens is 246 g/mol. The zero-order valence-corrected chi connectivity index (χ0v) is 9.65. The van der Waals surface area contributed by atoms with E-state index in [0.717, 1.165) is 0 Å². The van der Waals surface area contributed by atoms with E-state index in [2.05, 4.69) is 0 Å². The molecule has 0 fully saturated rings. The number of oxazole rings is 1. The van der Waals surface area contributed by atoms with Crippen molar-refractivity contribution >= 4 is 34.3 Å². The zero-order valence-electron chi connectivity index (χ0n) is 8.90. The van der Waals surface area contributed by atoms with Crippen molar-refractivity contribution in [2.75, 3.05) is 5.88 Å². The topological polar surface area (TPSA) is 69.3 Å². The molecule has 2 rings (SSSR count). The number of carbonyl (C=O) groups excluding carboxylic acids is 2. The second-order valence-electron chi connectivity index (χ2n) is 3.50. The third-order valence-electron chi connectivity index (χ3n) is 2.43. The molecule has 88 valence electrons. The normalized spacial score (nSPS) is 10.7. The van der Waals surface area contributed by atoms with Crippen LogP contribution in [0.4, 0.5) is 0 Å². The summed E-state index contributed by atoms with van der Waals surface area (Å²) in [6.45, 7) is 0. The molecule has 0 aliphatic heterocycles. The maximum absolute atomic E-state index is 11.6. The summed E-state index contributed by atoms with van der Waals surface area (Å²) in [6.07, 6.45) is 0. The highest BCUT2D eigenvalue weighted by Crippen LogP contribution is 2.15. The first kappa shape index (κ1) is 11.6. The number of halogens is 1. The van der Waals surface area contributed by atoms with Gasteiger partial charge in [0.25, 0.3) is 0 Å². The van der Waals surface area contributed by atoms with Gasteiger partial charge in [-0.1, -0.05) is 0 Å². The van der Waals surface area contributed by atoms with Gasteiger partial charge in [-0.2, -0.15) is 0 Å². The smallest absolute Gasteiger partial charge is 0.408 e. The number of nitrogens with zero attached hydrogens (tertiary/aromatic N) is 1. The van der Waals surface area contributed by atoms with Crippen LogP contribution in [0.3, 0.4) is 0 Å². The van der Waals surface area contributed by atoms with E-state index < -0.39 is 17.3 Å². The minimum atomic E-state index is -0.681. The van der Waals surface area contributed by atoms with Crippen molar-refractivity contribution in [3.05, 3.63) is 34.3 Å². The van der Waals surface area contributed by atoms with Crippen LogP contribution in [-0.4, -0.2) is 22.0 Å². The van der Waals surface area contributed by atoms with E-state index >= 15 is 0 Å². The Bertz CT molecular complexity index is 668. The molecule has 0 radical (unpaired) electrons. The maximum atomic E-state index is 11.6. The van der Waals surface area contributed by atoms with Crippen molar-refractivity contribution < 1.29 is 14.0 Å². The zero-order chi connectivity index (χ0) is 12.6. The second-order valence-corrected chi connectivity index (χ2v) is 3.76. The van der Waals surface area contributed by atoms with Gasteiger partial charge >= 0.3 is 5.76 Å². The van der Waals surface area contributed by atoms with Gasteiger partial charge in [-0.3, -0.25) is 14.2 Å². The summed E-state index contributed by atoms with van der Waals surface area (Å²) >= 11 is 5.31. The van der Waals surface area contributed by atoms with Gasteiger partial charge < -0.3 is 4.42 Å². The molecule has 0 bridgehead atoms. The third-order valence-corrected chi connectivity index (χ3v) is 2.67. The van der Waals surface area contributed by atoms with E-state index in [1.54, 1.807) is 0 Å². The number of ketones is 2. The Morgan fingerprint density at radius 2 is 2.12 bits per heavy atom. The van der Waals surface area contributed by atoms with Gasteiger partial charge in [0.15, 0.2) is 5.58 Å². The van der Waals surface area contributed by atoms with Crippen molar-refractivity contribution in [3.63, 3.8) is 0 Å². The highest BCUT2D eigenvalue weighted by Gasteiger charge is 2.16. The average Bonchev–Trinajstić information content (AvgIpc) is 2.63. The molecule has 0 N–H and O–H groups in total. The van der Waals surface area contributed by atoms with Gasteiger partial charge in [0, 0.05) is 12.6 Å². The summed E-state index contributed by atoms with van der Waals surface area (Å²) in [5.41, 5.74) is 1.02. The number of Topliss-reactive ketones (excluding diaryl/α,β-unsaturated/α-hetero) is 2. The summed E-state index contributed by atoms with van der Waals surface area (Å²) in [5.74, 6) is -2.23. The first-order valence-corrected chi connectivity index (χ1v) is 5.31. The molecule has 0 atom stereocenters. The SMILES string of the molecule is Cn1c(=O)oc2ccc(C(=O)C(=O)CCl)cc21. The Morgan fingerprint density at radius 1 is 1.41 bits per heavy atom. The number of aryl methyl sites for hydroxylation is 1. The van der Waals surface area contributed by atoms with Crippen LogP contribution in [0.1, 0.15) is 10.4 Å². The Labute approximate surface area is 101 Å². The molecule has 1 heterocycles. The lowest BCUT2D eigenvalue weighted by Crippen LogP contribution is -2.15. The molecule has 0 unspecified atom stereocenters. The summed E-state index contributed by atoms with van der Waals surface area (Å²) < 4.78 is 6.17. The van der Waals surface area contributed by atoms with E-state index in [0.29, 0.717) is 11.1 Å². The van der Waals surface area contributed by atoms with E-state index in [1.807, 2.05) is 0 Å². The lowest BCUT2D eigenvalue weighted by atomic mass is 10.1. The van der Waals surface area contributed by atoms with Crippen LogP contribution in [0.25, 0.3) is 11.1 Å². The van der Waals surface area contributed by atoms with E-state index in [-0.39, 0.29) is 11.4 Å². The Kier molecular flexibility index (Phi) is 2.85. The fourth-order valence-corrected chi connectivity index (χ4v) is 1.61. The minimum Gasteiger partial charge on any atom is -0.408 e. The molecule has 6 heteroatoms. The number of alkyl halides is 1. The van der Waals surface area contributed by atoms with Crippen LogP contribution in [0.2, 0.25) is 0 Å². The number of rotatable bonds is 3. The van der Waals surface area contributed by atoms with Gasteiger partial charge in [-0.05, 0) is 18.2 Å². The van der Waals surface area contributed by atoms with Crippen LogP contribution in [0.15, 0.2) is 27.4 Å². The fourth-order valence-electron chi connectivity index (χ4n) is 1.49. The minimum absolute atomic E-state index is 0.194. The van der Waals surface area contributed by atoms with Crippen molar-refractivity contribution in [2.45, 2.75) is 0 Å². The predicted octanol–water partition coefficient (Wildman–Crippen LogP) is 1.12. The quantitative estimate of drug-likeness (QED) is 0.467. The molecule has 5 nitrogen and oxygen atoms in total. The third kappa shape index (κ3) is 1.89. The number of carbonyl (C=O) groups is 2. The standard InChI is InChI=1S/C11H8ClNO4/c1-13-7-4-6(10(15)8(14)5-12)2-3-9(7)17-11(13)16/h2-4H,5H2,1H3. The maximum Gasteiger partial charge on any atom is 0.419 e. The van der Waals surface area contributed by atoms with E-state index in [1.165, 1.54) is 29.8 Å². The van der Waals surface area contributed by atoms with E-state index in [4.69, 9.17) is 16.0 Å². The van der Waals surface area contributed by atoms with Crippen molar-refractivity contribution in [3.8, 4) is 0 Å². The molecule has 17 heavy (non-hydrogen) atoms. The van der Waals surface area contributed by atoms with Gasteiger partial charge in [0.1, 0.15) is 0 Å². The summed E-state index contributed by atoms with van der Waals surface area (Å²) in [4.78, 5) is 34.0. The Hall–Kier alpha value is -1.88. The predicted molar refractivity (Wildman–Crippen MR) is 61.5 cm³/mol. The first-order chi connectivity index (χ1) is 8.04. The van der Waals surface area contributed by atoms with Crippen LogP contribution >= 0.6 is 11.6 Å². The molecule has 2 aromatic rings. The molecule has 0 aliphatic carbocycles. The largest absolute Gasteiger partial charge is 0.419 e. The molecular formula is C11H8ClNO4. The number of aromatic nitrogens is 1. The van der Waals surface area contributed by atoms with Crippen molar-refractivity contribution in [1.29, 1.82) is 0 Å². The first-order valence-electron chi connectivity index (χ1n) is 4.77. The van der Waals surface area contributed by atoms with Crippen molar-refractivity contribution in [2.24, 2.45) is 7.05 Å². The van der Waals surface area contributed by atoms with E-state index in [9.17, 15) is 14.4 Å². The van der Waals surface area contributed by atoms with Gasteiger partial charge in [0.05, 0.1) is 11.4 Å². The summed E-state index contributed by atoms with van der Waals surface area (Å²) in [7, 11) is 1.52. The van der Waals surface area contributed by atoms with Crippen LogP contribution in [-0.2, 0) is 11.8 Å². The number of benzene rings is 1. The molecule has 1 aromatic carbocycles. The lowest BCUT2D eigenvalue weighted by molar-refractivity contribution is -0.112. The highest BCUT2D eigenvalue weighted by molar-refractivity contribution is 6.51. The highest BCUT2D eigenvalue weighted by atomic mass is 35.5. The molecule has 1 aromatic heterocycles.